The van der Waals surface area contributed by atoms with Gasteiger partial charge in [0.05, 0.1) is 10.6 Å². The number of hydrogen-bond donors (Lipinski definition) is 2. The number of amides is 1. The van der Waals surface area contributed by atoms with Crippen LogP contribution in [-0.2, 0) is 17.6 Å². The van der Waals surface area contributed by atoms with Crippen LogP contribution in [0.25, 0.3) is 10.2 Å². The molecule has 2 aromatic heterocycles. The lowest BCUT2D eigenvalue weighted by atomic mass is 9.95. The quantitative estimate of drug-likeness (QED) is 0.614. The fourth-order valence-corrected chi connectivity index (χ4v) is 6.11. The molecule has 2 heterocycles. The Morgan fingerprint density at radius 2 is 2.00 bits per heavy atom. The monoisotopic (exact) mass is 391 g/mol. The van der Waals surface area contributed by atoms with Crippen molar-refractivity contribution in [3.63, 3.8) is 0 Å². The van der Waals surface area contributed by atoms with E-state index in [9.17, 15) is 9.59 Å². The number of carbonyl (C=O) groups is 1. The van der Waals surface area contributed by atoms with Gasteiger partial charge in [-0.25, -0.2) is 4.98 Å². The Morgan fingerprint density at radius 3 is 2.81 bits per heavy atom. The number of thioether (sulfide) groups is 1. The molecule has 1 unspecified atom stereocenters. The van der Waals surface area contributed by atoms with E-state index in [0.717, 1.165) is 42.3 Å². The van der Waals surface area contributed by atoms with Crippen molar-refractivity contribution in [1.82, 2.24) is 15.3 Å². The zero-order chi connectivity index (χ0) is 18.1. The number of aromatic amines is 1. The van der Waals surface area contributed by atoms with E-state index in [1.807, 2.05) is 6.92 Å². The van der Waals surface area contributed by atoms with Crippen molar-refractivity contribution in [2.45, 2.75) is 81.2 Å². The number of carbonyl (C=O) groups excluding carboxylic acids is 1. The van der Waals surface area contributed by atoms with Gasteiger partial charge in [0.2, 0.25) is 5.91 Å². The Bertz CT molecular complexity index is 868. The zero-order valence-electron chi connectivity index (χ0n) is 15.1. The molecular formula is C19H25N3O2S2. The third-order valence-corrected chi connectivity index (χ3v) is 7.58. The molecule has 5 nitrogen and oxygen atoms in total. The standard InChI is InChI=1S/C19H25N3O2S2/c1-11(16(23)20-12-7-3-2-4-8-12)25-19-21-17(24)15-13-9-5-6-10-14(13)26-18(15)22-19/h11-12H,2-10H2,1H3,(H,20,23)(H,21,22,24). The summed E-state index contributed by atoms with van der Waals surface area (Å²) in [6.07, 6.45) is 10.2. The predicted octanol–water partition coefficient (Wildman–Crippen LogP) is 3.79. The lowest BCUT2D eigenvalue weighted by molar-refractivity contribution is -0.121. The fraction of sp³-hybridized carbons (Fsp3) is 0.632. The number of aromatic nitrogens is 2. The number of rotatable bonds is 4. The third kappa shape index (κ3) is 3.69. The maximum Gasteiger partial charge on any atom is 0.260 e. The van der Waals surface area contributed by atoms with E-state index in [2.05, 4.69) is 15.3 Å². The molecule has 0 bridgehead atoms. The number of aryl methyl sites for hydroxylation is 2. The molecule has 26 heavy (non-hydrogen) atoms. The van der Waals surface area contributed by atoms with E-state index in [1.165, 1.54) is 47.9 Å². The van der Waals surface area contributed by atoms with Crippen LogP contribution < -0.4 is 10.9 Å². The second-order valence-electron chi connectivity index (χ2n) is 7.37. The van der Waals surface area contributed by atoms with Crippen LogP contribution in [0.3, 0.4) is 0 Å². The van der Waals surface area contributed by atoms with Crippen molar-refractivity contribution in [3.8, 4) is 0 Å². The predicted molar refractivity (Wildman–Crippen MR) is 107 cm³/mol. The average Bonchev–Trinajstić information content (AvgIpc) is 3.01. The Balaban J connectivity index is 1.49. The van der Waals surface area contributed by atoms with Crippen LogP contribution in [0.1, 0.15) is 62.3 Å². The van der Waals surface area contributed by atoms with Crippen LogP contribution in [0, 0.1) is 0 Å². The first kappa shape index (κ1) is 18.0. The number of thiophene rings is 1. The summed E-state index contributed by atoms with van der Waals surface area (Å²) in [6, 6.07) is 0.304. The van der Waals surface area contributed by atoms with Gasteiger partial charge in [0, 0.05) is 10.9 Å². The first-order valence-corrected chi connectivity index (χ1v) is 11.3. The Hall–Kier alpha value is -1.34. The molecule has 0 radical (unpaired) electrons. The highest BCUT2D eigenvalue weighted by Gasteiger charge is 2.23. The molecule has 2 aliphatic carbocycles. The van der Waals surface area contributed by atoms with Gasteiger partial charge < -0.3 is 10.3 Å². The minimum absolute atomic E-state index is 0.0371. The molecule has 0 spiro atoms. The molecule has 0 saturated heterocycles. The summed E-state index contributed by atoms with van der Waals surface area (Å²) < 4.78 is 0. The molecule has 1 fully saturated rings. The van der Waals surface area contributed by atoms with Crippen molar-refractivity contribution in [1.29, 1.82) is 0 Å². The van der Waals surface area contributed by atoms with E-state index in [-0.39, 0.29) is 16.7 Å². The maximum atomic E-state index is 12.6. The van der Waals surface area contributed by atoms with Gasteiger partial charge in [-0.05, 0) is 51.0 Å². The molecule has 4 rings (SSSR count). The van der Waals surface area contributed by atoms with Crippen LogP contribution >= 0.6 is 23.1 Å². The van der Waals surface area contributed by atoms with Crippen LogP contribution in [0.15, 0.2) is 9.95 Å². The summed E-state index contributed by atoms with van der Waals surface area (Å²) in [5.41, 5.74) is 1.14. The van der Waals surface area contributed by atoms with Crippen molar-refractivity contribution >= 4 is 39.2 Å². The van der Waals surface area contributed by atoms with Crippen molar-refractivity contribution in [3.05, 3.63) is 20.8 Å². The second-order valence-corrected chi connectivity index (χ2v) is 9.78. The maximum absolute atomic E-state index is 12.6. The third-order valence-electron chi connectivity index (χ3n) is 5.41. The number of fused-ring (bicyclic) bond motifs is 3. The first-order chi connectivity index (χ1) is 12.6. The number of hydrogen-bond acceptors (Lipinski definition) is 5. The molecule has 7 heteroatoms. The summed E-state index contributed by atoms with van der Waals surface area (Å²) in [6.45, 7) is 1.88. The molecule has 1 atom stereocenters. The van der Waals surface area contributed by atoms with Gasteiger partial charge in [0.1, 0.15) is 4.83 Å². The molecule has 1 amide bonds. The number of nitrogens with one attached hydrogen (secondary N) is 2. The average molecular weight is 392 g/mol. The lowest BCUT2D eigenvalue weighted by Crippen LogP contribution is -2.40. The molecule has 0 aliphatic heterocycles. The second kappa shape index (κ2) is 7.72. The summed E-state index contributed by atoms with van der Waals surface area (Å²) >= 11 is 2.99. The van der Waals surface area contributed by atoms with Gasteiger partial charge in [0.25, 0.3) is 5.56 Å². The van der Waals surface area contributed by atoms with Gasteiger partial charge >= 0.3 is 0 Å². The van der Waals surface area contributed by atoms with Crippen molar-refractivity contribution < 1.29 is 4.79 Å². The molecule has 1 saturated carbocycles. The molecule has 2 aromatic rings. The summed E-state index contributed by atoms with van der Waals surface area (Å²) in [4.78, 5) is 34.8. The fourth-order valence-electron chi connectivity index (χ4n) is 3.99. The van der Waals surface area contributed by atoms with E-state index in [1.54, 1.807) is 11.3 Å². The normalized spacial score (nSPS) is 19.3. The van der Waals surface area contributed by atoms with Crippen LogP contribution in [-0.4, -0.2) is 27.2 Å². The highest BCUT2D eigenvalue weighted by atomic mass is 32.2. The highest BCUT2D eigenvalue weighted by molar-refractivity contribution is 8.00. The van der Waals surface area contributed by atoms with E-state index in [4.69, 9.17) is 0 Å². The molecule has 2 N–H and O–H groups in total. The summed E-state index contributed by atoms with van der Waals surface area (Å²) in [5, 5.41) is 4.20. The van der Waals surface area contributed by atoms with Gasteiger partial charge in [-0.3, -0.25) is 9.59 Å². The molecular weight excluding hydrogens is 366 g/mol. The minimum Gasteiger partial charge on any atom is -0.352 e. The summed E-state index contributed by atoms with van der Waals surface area (Å²) in [7, 11) is 0. The summed E-state index contributed by atoms with van der Waals surface area (Å²) in [5.74, 6) is 0.0371. The minimum atomic E-state index is -0.271. The van der Waals surface area contributed by atoms with E-state index >= 15 is 0 Å². The lowest BCUT2D eigenvalue weighted by Gasteiger charge is -2.24. The number of H-pyrrole nitrogens is 1. The molecule has 2 aliphatic rings. The van der Waals surface area contributed by atoms with Crippen LogP contribution in [0.2, 0.25) is 0 Å². The van der Waals surface area contributed by atoms with Gasteiger partial charge in [-0.15, -0.1) is 11.3 Å². The van der Waals surface area contributed by atoms with Gasteiger partial charge in [0.15, 0.2) is 5.16 Å². The highest BCUT2D eigenvalue weighted by Crippen LogP contribution is 2.34. The Kier molecular flexibility index (Phi) is 5.36. The largest absolute Gasteiger partial charge is 0.352 e. The van der Waals surface area contributed by atoms with Crippen molar-refractivity contribution in [2.75, 3.05) is 0 Å². The topological polar surface area (TPSA) is 74.8 Å². The number of nitrogens with zero attached hydrogens (tertiary/aromatic N) is 1. The van der Waals surface area contributed by atoms with Gasteiger partial charge in [-0.1, -0.05) is 31.0 Å². The Morgan fingerprint density at radius 1 is 1.23 bits per heavy atom. The molecule has 0 aromatic carbocycles. The molecule has 140 valence electrons. The zero-order valence-corrected chi connectivity index (χ0v) is 16.7. The van der Waals surface area contributed by atoms with E-state index < -0.39 is 0 Å². The smallest absolute Gasteiger partial charge is 0.260 e. The van der Waals surface area contributed by atoms with E-state index in [0.29, 0.717) is 11.2 Å². The van der Waals surface area contributed by atoms with Gasteiger partial charge in [-0.2, -0.15) is 0 Å². The SMILES string of the molecule is CC(Sc1nc2sc3c(c2c(=O)[nH]1)CCCC3)C(=O)NC1CCCCC1. The first-order valence-electron chi connectivity index (χ1n) is 9.63. The van der Waals surface area contributed by atoms with Crippen molar-refractivity contribution in [2.24, 2.45) is 0 Å². The Labute approximate surface area is 161 Å². The van der Waals surface area contributed by atoms with Crippen LogP contribution in [0.4, 0.5) is 0 Å². The van der Waals surface area contributed by atoms with Crippen LogP contribution in [0.5, 0.6) is 0 Å².